The lowest BCUT2D eigenvalue weighted by Crippen LogP contribution is -2.27. The van der Waals surface area contributed by atoms with E-state index in [0.29, 0.717) is 24.5 Å². The maximum absolute atomic E-state index is 11.9. The summed E-state index contributed by atoms with van der Waals surface area (Å²) in [5, 5.41) is 4.80. The lowest BCUT2D eigenvalue weighted by Gasteiger charge is -2.12. The van der Waals surface area contributed by atoms with Gasteiger partial charge in [-0.15, -0.1) is 0 Å². The average molecular weight is 299 g/mol. The predicted molar refractivity (Wildman–Crippen MR) is 83.0 cm³/mol. The molecule has 1 aliphatic heterocycles. The van der Waals surface area contributed by atoms with Crippen molar-refractivity contribution in [3.8, 4) is 5.75 Å². The van der Waals surface area contributed by atoms with Crippen LogP contribution >= 0.6 is 0 Å². The second kappa shape index (κ2) is 5.67. The van der Waals surface area contributed by atoms with Gasteiger partial charge >= 0.3 is 5.97 Å². The van der Waals surface area contributed by atoms with E-state index in [4.69, 9.17) is 9.47 Å². The summed E-state index contributed by atoms with van der Waals surface area (Å²) < 4.78 is 10.8. The van der Waals surface area contributed by atoms with E-state index in [1.807, 2.05) is 30.3 Å². The van der Waals surface area contributed by atoms with Crippen LogP contribution in [-0.2, 0) is 20.7 Å². The van der Waals surface area contributed by atoms with Crippen molar-refractivity contribution in [2.45, 2.75) is 26.4 Å². The van der Waals surface area contributed by atoms with Crippen molar-refractivity contribution >= 4 is 28.3 Å². The molecular weight excluding hydrogens is 282 g/mol. The van der Waals surface area contributed by atoms with E-state index >= 15 is 0 Å². The molecule has 1 unspecified atom stereocenters. The number of nitrogens with one attached hydrogen (secondary N) is 1. The molecule has 0 spiro atoms. The summed E-state index contributed by atoms with van der Waals surface area (Å²) in [5.41, 5.74) is 1.52. The Morgan fingerprint density at radius 1 is 1.36 bits per heavy atom. The number of carbonyl (C=O) groups excluding carboxylic acids is 2. The molecule has 1 amide bonds. The van der Waals surface area contributed by atoms with E-state index in [1.54, 1.807) is 6.92 Å². The van der Waals surface area contributed by atoms with Crippen molar-refractivity contribution in [1.82, 2.24) is 0 Å². The van der Waals surface area contributed by atoms with Crippen LogP contribution in [0.2, 0.25) is 0 Å². The van der Waals surface area contributed by atoms with Gasteiger partial charge in [0.2, 0.25) is 5.91 Å². The molecule has 0 radical (unpaired) electrons. The minimum Gasteiger partial charge on any atom is -0.476 e. The molecule has 1 N–H and O–H groups in total. The summed E-state index contributed by atoms with van der Waals surface area (Å²) >= 11 is 0. The third-order valence-electron chi connectivity index (χ3n) is 3.61. The monoisotopic (exact) mass is 299 g/mol. The lowest BCUT2D eigenvalue weighted by molar-refractivity contribution is -0.150. The van der Waals surface area contributed by atoms with Crippen LogP contribution in [-0.4, -0.2) is 24.6 Å². The molecule has 0 saturated carbocycles. The third-order valence-corrected chi connectivity index (χ3v) is 3.61. The summed E-state index contributed by atoms with van der Waals surface area (Å²) in [6.07, 6.45) is -0.212. The number of rotatable bonds is 3. The fourth-order valence-corrected chi connectivity index (χ4v) is 2.76. The molecule has 0 fully saturated rings. The second-order valence-electron chi connectivity index (χ2n) is 5.20. The number of fused-ring (bicyclic) bond motifs is 3. The molecular formula is C17H17NO4. The largest absolute Gasteiger partial charge is 0.476 e. The van der Waals surface area contributed by atoms with Gasteiger partial charge in [0, 0.05) is 18.9 Å². The van der Waals surface area contributed by atoms with Crippen molar-refractivity contribution in [2.75, 3.05) is 11.9 Å². The highest BCUT2D eigenvalue weighted by Crippen LogP contribution is 2.41. The van der Waals surface area contributed by atoms with Crippen LogP contribution < -0.4 is 10.1 Å². The molecule has 2 aromatic rings. The van der Waals surface area contributed by atoms with E-state index < -0.39 is 6.10 Å². The lowest BCUT2D eigenvalue weighted by atomic mass is 9.99. The average Bonchev–Trinajstić information content (AvgIpc) is 2.93. The highest BCUT2D eigenvalue weighted by molar-refractivity contribution is 5.99. The zero-order chi connectivity index (χ0) is 15.7. The summed E-state index contributed by atoms with van der Waals surface area (Å²) in [6, 6.07) is 9.70. The van der Waals surface area contributed by atoms with Gasteiger partial charge in [0.1, 0.15) is 5.75 Å². The van der Waals surface area contributed by atoms with Crippen LogP contribution in [0.25, 0.3) is 10.8 Å². The fourth-order valence-electron chi connectivity index (χ4n) is 2.76. The number of benzene rings is 2. The molecule has 1 heterocycles. The molecule has 0 aromatic heterocycles. The molecule has 114 valence electrons. The molecule has 3 rings (SSSR count). The Balaban J connectivity index is 2.07. The van der Waals surface area contributed by atoms with Gasteiger partial charge in [0.25, 0.3) is 0 Å². The first-order valence-corrected chi connectivity index (χ1v) is 7.25. The molecule has 0 saturated heterocycles. The van der Waals surface area contributed by atoms with Gasteiger partial charge in [-0.25, -0.2) is 4.79 Å². The Labute approximate surface area is 128 Å². The standard InChI is InChI=1S/C17H17NO4/c1-3-21-17(20)15-9-13-12-7-5-4-6-11(12)8-14(16(13)22-15)18-10(2)19/h4-8,15H,3,9H2,1-2H3,(H,18,19). The number of carbonyl (C=O) groups is 2. The molecule has 5 nitrogen and oxygen atoms in total. The third kappa shape index (κ3) is 2.50. The Kier molecular flexibility index (Phi) is 3.71. The first-order valence-electron chi connectivity index (χ1n) is 7.25. The van der Waals surface area contributed by atoms with Gasteiger partial charge < -0.3 is 14.8 Å². The van der Waals surface area contributed by atoms with Crippen molar-refractivity contribution in [3.05, 3.63) is 35.9 Å². The van der Waals surface area contributed by atoms with E-state index in [-0.39, 0.29) is 11.9 Å². The quantitative estimate of drug-likeness (QED) is 0.885. The first-order chi connectivity index (χ1) is 10.6. The number of anilines is 1. The Morgan fingerprint density at radius 3 is 2.86 bits per heavy atom. The van der Waals surface area contributed by atoms with E-state index in [2.05, 4.69) is 5.32 Å². The number of hydrogen-bond acceptors (Lipinski definition) is 4. The summed E-state index contributed by atoms with van der Waals surface area (Å²) in [5.74, 6) is 0.00387. The SMILES string of the molecule is CCOC(=O)C1Cc2c(c(NC(C)=O)cc3ccccc23)O1. The number of amides is 1. The zero-order valence-electron chi connectivity index (χ0n) is 12.5. The van der Waals surface area contributed by atoms with Crippen LogP contribution in [0.5, 0.6) is 5.75 Å². The van der Waals surface area contributed by atoms with Gasteiger partial charge in [-0.05, 0) is 23.8 Å². The number of esters is 1. The zero-order valence-corrected chi connectivity index (χ0v) is 12.5. The minimum atomic E-state index is -0.659. The molecule has 1 atom stereocenters. The van der Waals surface area contributed by atoms with Gasteiger partial charge in [0.05, 0.1) is 12.3 Å². The Bertz CT molecular complexity index is 754. The molecule has 0 aliphatic carbocycles. The smallest absolute Gasteiger partial charge is 0.347 e. The molecule has 1 aliphatic rings. The number of ether oxygens (including phenoxy) is 2. The molecule has 0 bridgehead atoms. The topological polar surface area (TPSA) is 64.6 Å². The van der Waals surface area contributed by atoms with Crippen LogP contribution in [0.4, 0.5) is 5.69 Å². The van der Waals surface area contributed by atoms with Gasteiger partial charge in [0.15, 0.2) is 6.10 Å². The van der Waals surface area contributed by atoms with Crippen LogP contribution in [0.3, 0.4) is 0 Å². The Morgan fingerprint density at radius 2 is 2.14 bits per heavy atom. The van der Waals surface area contributed by atoms with Crippen molar-refractivity contribution in [1.29, 1.82) is 0 Å². The van der Waals surface area contributed by atoms with Crippen LogP contribution in [0, 0.1) is 0 Å². The van der Waals surface area contributed by atoms with E-state index in [1.165, 1.54) is 6.92 Å². The summed E-state index contributed by atoms with van der Waals surface area (Å²) in [7, 11) is 0. The molecule has 22 heavy (non-hydrogen) atoms. The molecule has 5 heteroatoms. The fraction of sp³-hybridized carbons (Fsp3) is 0.294. The van der Waals surface area contributed by atoms with Crippen molar-refractivity contribution in [2.24, 2.45) is 0 Å². The van der Waals surface area contributed by atoms with E-state index in [0.717, 1.165) is 16.3 Å². The molecule has 2 aromatic carbocycles. The van der Waals surface area contributed by atoms with Crippen molar-refractivity contribution < 1.29 is 19.1 Å². The van der Waals surface area contributed by atoms with Gasteiger partial charge in [-0.1, -0.05) is 24.3 Å². The summed E-state index contributed by atoms with van der Waals surface area (Å²) in [4.78, 5) is 23.4. The van der Waals surface area contributed by atoms with Crippen molar-refractivity contribution in [3.63, 3.8) is 0 Å². The maximum Gasteiger partial charge on any atom is 0.347 e. The van der Waals surface area contributed by atoms with Crippen LogP contribution in [0.1, 0.15) is 19.4 Å². The van der Waals surface area contributed by atoms with Gasteiger partial charge in [-0.2, -0.15) is 0 Å². The summed E-state index contributed by atoms with van der Waals surface area (Å²) in [6.45, 7) is 3.52. The van der Waals surface area contributed by atoms with Crippen LogP contribution in [0.15, 0.2) is 30.3 Å². The first kappa shape index (κ1) is 14.4. The normalized spacial score (nSPS) is 16.0. The maximum atomic E-state index is 11.9. The minimum absolute atomic E-state index is 0.180. The van der Waals surface area contributed by atoms with E-state index in [9.17, 15) is 9.59 Å². The predicted octanol–water partition coefficient (Wildman–Crippen LogP) is 2.66. The highest BCUT2D eigenvalue weighted by atomic mass is 16.6. The van der Waals surface area contributed by atoms with Gasteiger partial charge in [-0.3, -0.25) is 4.79 Å². The second-order valence-corrected chi connectivity index (χ2v) is 5.20. The number of hydrogen-bond donors (Lipinski definition) is 1. The highest BCUT2D eigenvalue weighted by Gasteiger charge is 2.33. The Hall–Kier alpha value is -2.56.